The van der Waals surface area contributed by atoms with Gasteiger partial charge in [0, 0.05) is 49.0 Å². The summed E-state index contributed by atoms with van der Waals surface area (Å²) in [7, 11) is 5.87. The fourth-order valence-electron chi connectivity index (χ4n) is 4.76. The molecule has 0 radical (unpaired) electrons. The van der Waals surface area contributed by atoms with Gasteiger partial charge in [-0.2, -0.15) is 8.78 Å². The molecule has 0 unspecified atom stereocenters. The number of halogens is 2. The van der Waals surface area contributed by atoms with Crippen molar-refractivity contribution < 1.29 is 22.8 Å². The number of piperidine rings is 1. The van der Waals surface area contributed by atoms with Gasteiger partial charge in [-0.15, -0.1) is 10.2 Å². The number of aldehydes is 1. The van der Waals surface area contributed by atoms with E-state index < -0.39 is 17.7 Å². The molecule has 0 atom stereocenters. The summed E-state index contributed by atoms with van der Waals surface area (Å²) in [6.45, 7) is 5.64. The van der Waals surface area contributed by atoms with Gasteiger partial charge in [-0.3, -0.25) is 9.78 Å². The van der Waals surface area contributed by atoms with Crippen molar-refractivity contribution >= 4 is 17.9 Å². The molecule has 0 aliphatic carbocycles. The van der Waals surface area contributed by atoms with Crippen LogP contribution in [0.1, 0.15) is 60.6 Å². The van der Waals surface area contributed by atoms with E-state index in [4.69, 9.17) is 4.42 Å². The van der Waals surface area contributed by atoms with E-state index >= 15 is 0 Å². The van der Waals surface area contributed by atoms with Crippen molar-refractivity contribution in [3.8, 4) is 11.5 Å². The Hall–Kier alpha value is -3.73. The second-order valence-electron chi connectivity index (χ2n) is 10.7. The molecule has 1 saturated heterocycles. The molecule has 4 rings (SSSR count). The molecule has 9 nitrogen and oxygen atoms in total. The average Bonchev–Trinajstić information content (AvgIpc) is 3.44. The van der Waals surface area contributed by atoms with E-state index in [-0.39, 0.29) is 18.3 Å². The Bertz CT molecular complexity index is 1300. The number of nitrogens with zero attached hydrogens (tertiary/aromatic N) is 6. The minimum absolute atomic E-state index is 0.0550. The number of carbonyl (C=O) groups is 2. The third-order valence-corrected chi connectivity index (χ3v) is 7.23. The molecule has 3 heterocycles. The number of anilines is 1. The predicted octanol–water partition coefficient (Wildman–Crippen LogP) is 4.35. The molecule has 0 spiro atoms. The lowest BCUT2D eigenvalue weighted by molar-refractivity contribution is -0.111. The van der Waals surface area contributed by atoms with Crippen LogP contribution in [0.25, 0.3) is 11.5 Å². The minimum Gasteiger partial charge on any atom is -0.415 e. The predicted molar refractivity (Wildman–Crippen MR) is 143 cm³/mol. The van der Waals surface area contributed by atoms with Gasteiger partial charge in [0.2, 0.25) is 5.89 Å². The van der Waals surface area contributed by atoms with Gasteiger partial charge in [-0.05, 0) is 76.7 Å². The first kappa shape index (κ1) is 28.3. The summed E-state index contributed by atoms with van der Waals surface area (Å²) in [5, 5.41) is 6.95. The number of alkyl halides is 2. The molecule has 208 valence electrons. The van der Waals surface area contributed by atoms with Gasteiger partial charge in [-0.25, -0.2) is 0 Å². The Morgan fingerprint density at radius 3 is 2.44 bits per heavy atom. The number of pyridine rings is 1. The summed E-state index contributed by atoms with van der Waals surface area (Å²) in [6, 6.07) is 9.56. The molecule has 1 aromatic carbocycles. The van der Waals surface area contributed by atoms with E-state index in [0.29, 0.717) is 28.4 Å². The van der Waals surface area contributed by atoms with Crippen molar-refractivity contribution in [1.29, 1.82) is 0 Å². The summed E-state index contributed by atoms with van der Waals surface area (Å²) in [4.78, 5) is 36.0. The van der Waals surface area contributed by atoms with Crippen LogP contribution in [-0.4, -0.2) is 77.4 Å². The minimum atomic E-state index is -2.85. The smallest absolute Gasteiger partial charge is 0.314 e. The Morgan fingerprint density at radius 1 is 1.15 bits per heavy atom. The average molecular weight is 541 g/mol. The van der Waals surface area contributed by atoms with Gasteiger partial charge >= 0.3 is 6.43 Å². The van der Waals surface area contributed by atoms with Crippen molar-refractivity contribution in [1.82, 2.24) is 25.0 Å². The van der Waals surface area contributed by atoms with Gasteiger partial charge in [0.25, 0.3) is 11.8 Å². The zero-order valence-corrected chi connectivity index (χ0v) is 22.9. The lowest BCUT2D eigenvalue weighted by Gasteiger charge is -2.37. The zero-order chi connectivity index (χ0) is 28.3. The van der Waals surface area contributed by atoms with E-state index in [0.717, 1.165) is 37.9 Å². The number of rotatable bonds is 9. The molecule has 39 heavy (non-hydrogen) atoms. The van der Waals surface area contributed by atoms with Gasteiger partial charge in [-0.1, -0.05) is 0 Å². The topological polar surface area (TPSA) is 95.7 Å². The molecular weight excluding hydrogens is 506 g/mol. The van der Waals surface area contributed by atoms with Crippen LogP contribution in [-0.2, 0) is 16.8 Å². The van der Waals surface area contributed by atoms with Crippen molar-refractivity contribution in [3.63, 3.8) is 0 Å². The van der Waals surface area contributed by atoms with Gasteiger partial charge in [0.15, 0.2) is 0 Å². The number of amides is 1. The first-order valence-corrected chi connectivity index (χ1v) is 12.8. The first-order valence-electron chi connectivity index (χ1n) is 12.8. The highest BCUT2D eigenvalue weighted by molar-refractivity contribution is 5.97. The molecule has 0 bridgehead atoms. The standard InChI is InChI=1S/C28H34F2N6O3/c1-28(2,17-37)23-14-21(36-12-10-20(11-13-36)34(3)4)8-9-22(23)27(38)35(5)16-19-7-6-18(15-31-19)25-32-33-26(39-25)24(29)30/h6-9,14-15,17,20,24H,10-13,16H2,1-5H3. The number of carbonyl (C=O) groups excluding carboxylic acids is 2. The molecule has 2 aromatic heterocycles. The van der Waals surface area contributed by atoms with Crippen LogP contribution in [0.5, 0.6) is 0 Å². The van der Waals surface area contributed by atoms with Crippen LogP contribution in [0.3, 0.4) is 0 Å². The van der Waals surface area contributed by atoms with E-state index in [1.54, 1.807) is 25.2 Å². The highest BCUT2D eigenvalue weighted by Crippen LogP contribution is 2.32. The molecule has 1 fully saturated rings. The van der Waals surface area contributed by atoms with Crippen molar-refractivity contribution in [2.45, 2.75) is 51.1 Å². The second-order valence-corrected chi connectivity index (χ2v) is 10.7. The third kappa shape index (κ3) is 6.30. The largest absolute Gasteiger partial charge is 0.415 e. The molecule has 1 aliphatic heterocycles. The molecule has 1 amide bonds. The first-order chi connectivity index (χ1) is 18.5. The fraction of sp³-hybridized carbons (Fsp3) is 0.464. The normalized spacial score (nSPS) is 14.7. The lowest BCUT2D eigenvalue weighted by atomic mass is 9.82. The molecule has 3 aromatic rings. The quantitative estimate of drug-likeness (QED) is 0.370. The van der Waals surface area contributed by atoms with E-state index in [9.17, 15) is 18.4 Å². The number of aromatic nitrogens is 3. The monoisotopic (exact) mass is 540 g/mol. The fourth-order valence-corrected chi connectivity index (χ4v) is 4.76. The molecule has 0 saturated carbocycles. The summed E-state index contributed by atoms with van der Waals surface area (Å²) >= 11 is 0. The third-order valence-electron chi connectivity index (χ3n) is 7.23. The Morgan fingerprint density at radius 2 is 1.87 bits per heavy atom. The Labute approximate surface area is 226 Å². The molecule has 0 N–H and O–H groups in total. The lowest BCUT2D eigenvalue weighted by Crippen LogP contribution is -2.42. The van der Waals surface area contributed by atoms with Gasteiger partial charge in [0.1, 0.15) is 6.29 Å². The molecular formula is C28H34F2N6O3. The maximum absolute atomic E-state index is 13.6. The molecule has 11 heteroatoms. The van der Waals surface area contributed by atoms with E-state index in [1.165, 1.54) is 11.1 Å². The SMILES string of the molecule is CN(Cc1ccc(-c2nnc(C(F)F)o2)cn1)C(=O)c1ccc(N2CCC(N(C)C)CC2)cc1C(C)(C)C=O. The number of hydrogen-bond acceptors (Lipinski definition) is 8. The van der Waals surface area contributed by atoms with E-state index in [1.807, 2.05) is 26.0 Å². The van der Waals surface area contributed by atoms with E-state index in [2.05, 4.69) is 39.1 Å². The Kier molecular flexibility index (Phi) is 8.39. The van der Waals surface area contributed by atoms with Gasteiger partial charge in [0.05, 0.1) is 17.8 Å². The highest BCUT2D eigenvalue weighted by Gasteiger charge is 2.29. The summed E-state index contributed by atoms with van der Waals surface area (Å²) in [6.07, 6.45) is 1.56. The van der Waals surface area contributed by atoms with Crippen molar-refractivity contribution in [3.05, 3.63) is 59.2 Å². The van der Waals surface area contributed by atoms with Crippen molar-refractivity contribution in [2.75, 3.05) is 39.1 Å². The summed E-state index contributed by atoms with van der Waals surface area (Å²) in [5.41, 5.74) is 2.27. The van der Waals surface area contributed by atoms with Crippen LogP contribution in [0.15, 0.2) is 40.9 Å². The summed E-state index contributed by atoms with van der Waals surface area (Å²) in [5.74, 6) is -1.04. The Balaban J connectivity index is 1.51. The highest BCUT2D eigenvalue weighted by atomic mass is 19.3. The maximum Gasteiger partial charge on any atom is 0.314 e. The second kappa shape index (κ2) is 11.6. The summed E-state index contributed by atoms with van der Waals surface area (Å²) < 4.78 is 30.4. The number of benzene rings is 1. The van der Waals surface area contributed by atoms with Crippen LogP contribution < -0.4 is 4.90 Å². The van der Waals surface area contributed by atoms with Crippen LogP contribution in [0, 0.1) is 0 Å². The van der Waals surface area contributed by atoms with Crippen molar-refractivity contribution in [2.24, 2.45) is 0 Å². The molecule has 1 aliphatic rings. The van der Waals surface area contributed by atoms with Crippen LogP contribution in [0.2, 0.25) is 0 Å². The van der Waals surface area contributed by atoms with Crippen LogP contribution >= 0.6 is 0 Å². The zero-order valence-electron chi connectivity index (χ0n) is 22.9. The number of hydrogen-bond donors (Lipinski definition) is 0. The van der Waals surface area contributed by atoms with Crippen LogP contribution in [0.4, 0.5) is 14.5 Å². The van der Waals surface area contributed by atoms with Gasteiger partial charge < -0.3 is 23.9 Å². The maximum atomic E-state index is 13.6.